The number of ether oxygens (including phenoxy) is 1. The lowest BCUT2D eigenvalue weighted by Gasteiger charge is -2.33. The summed E-state index contributed by atoms with van der Waals surface area (Å²) in [5.41, 5.74) is -0.505. The average Bonchev–Trinajstić information content (AvgIpc) is 2.29. The molecule has 2 aliphatic rings. The first-order valence-corrected chi connectivity index (χ1v) is 4.04. The van der Waals surface area contributed by atoms with Crippen molar-refractivity contribution >= 4 is 5.91 Å². The molecule has 1 amide bonds. The molecular weight excluding hydrogens is 158 g/mol. The van der Waals surface area contributed by atoms with Gasteiger partial charge in [0.1, 0.15) is 11.3 Å². The molecule has 0 saturated carbocycles. The molecule has 1 saturated heterocycles. The Morgan fingerprint density at radius 3 is 2.67 bits per heavy atom. The Morgan fingerprint density at radius 1 is 1.50 bits per heavy atom. The molecule has 0 aromatic carbocycles. The number of hydrogen-bond donors (Lipinski definition) is 2. The van der Waals surface area contributed by atoms with E-state index >= 15 is 0 Å². The van der Waals surface area contributed by atoms with Crippen molar-refractivity contribution in [2.45, 2.75) is 18.4 Å². The molecule has 2 rings (SSSR count). The van der Waals surface area contributed by atoms with Crippen LogP contribution in [0.15, 0.2) is 11.8 Å². The van der Waals surface area contributed by atoms with Gasteiger partial charge in [-0.25, -0.2) is 0 Å². The standard InChI is InChI=1S/C8H11NO3/c10-6-5-7(11)9-8(6)1-3-12-4-2-8/h5,10H,1-4H2,(H,9,11). The van der Waals surface area contributed by atoms with Gasteiger partial charge in [-0.3, -0.25) is 4.79 Å². The first-order chi connectivity index (χ1) is 5.73. The number of amides is 1. The van der Waals surface area contributed by atoms with E-state index in [0.29, 0.717) is 26.1 Å². The fourth-order valence-electron chi connectivity index (χ4n) is 1.70. The van der Waals surface area contributed by atoms with Crippen LogP contribution in [0.1, 0.15) is 12.8 Å². The van der Waals surface area contributed by atoms with Crippen molar-refractivity contribution in [1.82, 2.24) is 5.32 Å². The van der Waals surface area contributed by atoms with Gasteiger partial charge < -0.3 is 15.2 Å². The maximum Gasteiger partial charge on any atom is 0.248 e. The van der Waals surface area contributed by atoms with Crippen molar-refractivity contribution in [2.75, 3.05) is 13.2 Å². The highest BCUT2D eigenvalue weighted by Gasteiger charge is 2.41. The third-order valence-electron chi connectivity index (χ3n) is 2.47. The smallest absolute Gasteiger partial charge is 0.248 e. The highest BCUT2D eigenvalue weighted by atomic mass is 16.5. The van der Waals surface area contributed by atoms with Gasteiger partial charge in [-0.15, -0.1) is 0 Å². The van der Waals surface area contributed by atoms with Crippen LogP contribution < -0.4 is 5.32 Å². The minimum atomic E-state index is -0.505. The largest absolute Gasteiger partial charge is 0.510 e. The van der Waals surface area contributed by atoms with Gasteiger partial charge >= 0.3 is 0 Å². The number of hydrogen-bond acceptors (Lipinski definition) is 3. The lowest BCUT2D eigenvalue weighted by Crippen LogP contribution is -2.48. The molecule has 2 aliphatic heterocycles. The summed E-state index contributed by atoms with van der Waals surface area (Å²) < 4.78 is 5.15. The number of rotatable bonds is 0. The molecule has 4 nitrogen and oxygen atoms in total. The molecular formula is C8H11NO3. The van der Waals surface area contributed by atoms with Gasteiger partial charge in [-0.05, 0) is 0 Å². The Labute approximate surface area is 70.2 Å². The summed E-state index contributed by atoms with van der Waals surface area (Å²) in [5, 5.41) is 12.3. The van der Waals surface area contributed by atoms with E-state index < -0.39 is 5.54 Å². The maximum atomic E-state index is 10.9. The van der Waals surface area contributed by atoms with Crippen molar-refractivity contribution in [1.29, 1.82) is 0 Å². The third kappa shape index (κ3) is 0.992. The zero-order valence-corrected chi connectivity index (χ0v) is 6.67. The van der Waals surface area contributed by atoms with E-state index in [1.807, 2.05) is 0 Å². The van der Waals surface area contributed by atoms with Gasteiger partial charge in [0.05, 0.1) is 0 Å². The molecule has 0 atom stereocenters. The fourth-order valence-corrected chi connectivity index (χ4v) is 1.70. The van der Waals surface area contributed by atoms with Gasteiger partial charge in [0.25, 0.3) is 0 Å². The van der Waals surface area contributed by atoms with E-state index in [1.54, 1.807) is 0 Å². The van der Waals surface area contributed by atoms with Crippen LogP contribution in [-0.4, -0.2) is 29.8 Å². The molecule has 1 spiro atoms. The van der Waals surface area contributed by atoms with Crippen LogP contribution in [0.3, 0.4) is 0 Å². The number of aliphatic hydroxyl groups is 1. The minimum absolute atomic E-state index is 0.163. The lowest BCUT2D eigenvalue weighted by atomic mass is 9.90. The van der Waals surface area contributed by atoms with Gasteiger partial charge in [0, 0.05) is 32.1 Å². The summed E-state index contributed by atoms with van der Waals surface area (Å²) in [5.74, 6) is -0.0369. The van der Waals surface area contributed by atoms with E-state index in [9.17, 15) is 9.90 Å². The number of aliphatic hydroxyl groups excluding tert-OH is 1. The van der Waals surface area contributed by atoms with Crippen molar-refractivity contribution in [2.24, 2.45) is 0 Å². The van der Waals surface area contributed by atoms with Crippen LogP contribution in [0.2, 0.25) is 0 Å². The molecule has 1 fully saturated rings. The van der Waals surface area contributed by atoms with E-state index in [2.05, 4.69) is 5.32 Å². The monoisotopic (exact) mass is 169 g/mol. The van der Waals surface area contributed by atoms with Crippen molar-refractivity contribution in [3.8, 4) is 0 Å². The highest BCUT2D eigenvalue weighted by Crippen LogP contribution is 2.30. The SMILES string of the molecule is O=C1C=C(O)C2(CCOCC2)N1. The van der Waals surface area contributed by atoms with Gasteiger partial charge in [0.2, 0.25) is 5.91 Å². The summed E-state index contributed by atoms with van der Waals surface area (Å²) in [6.07, 6.45) is 2.59. The molecule has 0 unspecified atom stereocenters. The number of nitrogens with one attached hydrogen (secondary N) is 1. The molecule has 12 heavy (non-hydrogen) atoms. The summed E-state index contributed by atoms with van der Waals surface area (Å²) in [6.45, 7) is 1.19. The topological polar surface area (TPSA) is 58.6 Å². The molecule has 0 aliphatic carbocycles. The molecule has 0 bridgehead atoms. The van der Waals surface area contributed by atoms with E-state index in [0.717, 1.165) is 0 Å². The zero-order chi connectivity index (χ0) is 8.60. The Kier molecular flexibility index (Phi) is 1.58. The highest BCUT2D eigenvalue weighted by molar-refractivity contribution is 5.92. The Balaban J connectivity index is 2.21. The molecule has 0 aromatic rings. The molecule has 0 radical (unpaired) electrons. The summed E-state index contributed by atoms with van der Waals surface area (Å²) in [4.78, 5) is 10.9. The Hall–Kier alpha value is -1.03. The summed E-state index contributed by atoms with van der Waals surface area (Å²) in [7, 11) is 0. The molecule has 66 valence electrons. The van der Waals surface area contributed by atoms with Crippen molar-refractivity contribution in [3.05, 3.63) is 11.8 Å². The second kappa shape index (κ2) is 2.48. The zero-order valence-electron chi connectivity index (χ0n) is 6.67. The second-order valence-corrected chi connectivity index (χ2v) is 3.21. The molecule has 2 heterocycles. The van der Waals surface area contributed by atoms with Gasteiger partial charge in [-0.2, -0.15) is 0 Å². The van der Waals surface area contributed by atoms with Gasteiger partial charge in [-0.1, -0.05) is 0 Å². The van der Waals surface area contributed by atoms with Crippen LogP contribution in [0, 0.1) is 0 Å². The third-order valence-corrected chi connectivity index (χ3v) is 2.47. The number of carbonyl (C=O) groups is 1. The fraction of sp³-hybridized carbons (Fsp3) is 0.625. The predicted octanol–water partition coefficient (Wildman–Crippen LogP) is 0.107. The molecule has 0 aromatic heterocycles. The Bertz CT molecular complexity index is 241. The van der Waals surface area contributed by atoms with E-state index in [4.69, 9.17) is 4.74 Å². The van der Waals surface area contributed by atoms with Gasteiger partial charge in [0.15, 0.2) is 0 Å². The van der Waals surface area contributed by atoms with Crippen LogP contribution in [0.5, 0.6) is 0 Å². The molecule has 4 heteroatoms. The van der Waals surface area contributed by atoms with Crippen molar-refractivity contribution < 1.29 is 14.6 Å². The normalized spacial score (nSPS) is 27.0. The van der Waals surface area contributed by atoms with E-state index in [1.165, 1.54) is 6.08 Å². The number of carbonyl (C=O) groups excluding carboxylic acids is 1. The Morgan fingerprint density at radius 2 is 2.17 bits per heavy atom. The van der Waals surface area contributed by atoms with E-state index in [-0.39, 0.29) is 11.7 Å². The van der Waals surface area contributed by atoms with Crippen molar-refractivity contribution in [3.63, 3.8) is 0 Å². The maximum absolute atomic E-state index is 10.9. The predicted molar refractivity (Wildman–Crippen MR) is 41.6 cm³/mol. The van der Waals surface area contributed by atoms with Crippen LogP contribution in [0.4, 0.5) is 0 Å². The molecule has 2 N–H and O–H groups in total. The lowest BCUT2D eigenvalue weighted by molar-refractivity contribution is -0.117. The second-order valence-electron chi connectivity index (χ2n) is 3.21. The summed E-state index contributed by atoms with van der Waals surface area (Å²) in [6, 6.07) is 0. The van der Waals surface area contributed by atoms with Crippen LogP contribution >= 0.6 is 0 Å². The van der Waals surface area contributed by atoms with Crippen LogP contribution in [0.25, 0.3) is 0 Å². The minimum Gasteiger partial charge on any atom is -0.510 e. The quantitative estimate of drug-likeness (QED) is 0.541. The summed E-state index contributed by atoms with van der Waals surface area (Å²) >= 11 is 0. The first-order valence-electron chi connectivity index (χ1n) is 4.04. The van der Waals surface area contributed by atoms with Crippen LogP contribution in [-0.2, 0) is 9.53 Å². The average molecular weight is 169 g/mol. The first kappa shape index (κ1) is 7.61.